The van der Waals surface area contributed by atoms with E-state index in [2.05, 4.69) is 41.0 Å². The molecule has 1 heterocycles. The Morgan fingerprint density at radius 2 is 1.72 bits per heavy atom. The van der Waals surface area contributed by atoms with Crippen molar-refractivity contribution in [2.24, 2.45) is 5.92 Å². The summed E-state index contributed by atoms with van der Waals surface area (Å²) in [4.78, 5) is 0. The lowest BCUT2D eigenvalue weighted by Crippen LogP contribution is -2.34. The Hall–Kier alpha value is -0.280. The zero-order chi connectivity index (χ0) is 11.1. The van der Waals surface area contributed by atoms with Crippen LogP contribution in [0.1, 0.15) is 18.4 Å². The lowest BCUT2D eigenvalue weighted by Gasteiger charge is -2.22. The Bertz CT molecular complexity index is 287. The highest BCUT2D eigenvalue weighted by Crippen LogP contribution is 2.09. The van der Waals surface area contributed by atoms with Crippen LogP contribution >= 0.6 is 24.8 Å². The van der Waals surface area contributed by atoms with Crippen molar-refractivity contribution in [1.29, 1.82) is 0 Å². The van der Waals surface area contributed by atoms with Gasteiger partial charge < -0.3 is 10.6 Å². The van der Waals surface area contributed by atoms with Crippen molar-refractivity contribution in [2.75, 3.05) is 26.2 Å². The molecule has 0 unspecified atom stereocenters. The molecule has 2 nitrogen and oxygen atoms in total. The van der Waals surface area contributed by atoms with E-state index in [-0.39, 0.29) is 24.8 Å². The Kier molecular flexibility index (Phi) is 10.5. The highest BCUT2D eigenvalue weighted by molar-refractivity contribution is 5.85. The van der Waals surface area contributed by atoms with E-state index in [0.29, 0.717) is 0 Å². The van der Waals surface area contributed by atoms with Crippen LogP contribution in [-0.2, 0) is 6.42 Å². The maximum absolute atomic E-state index is 3.58. The number of halogens is 2. The van der Waals surface area contributed by atoms with E-state index in [1.165, 1.54) is 38.0 Å². The summed E-state index contributed by atoms with van der Waals surface area (Å²) >= 11 is 0. The van der Waals surface area contributed by atoms with Crippen LogP contribution in [0, 0.1) is 5.92 Å². The van der Waals surface area contributed by atoms with Gasteiger partial charge in [0.1, 0.15) is 0 Å². The maximum atomic E-state index is 3.58. The smallest absolute Gasteiger partial charge is 0.000824 e. The summed E-state index contributed by atoms with van der Waals surface area (Å²) in [5.74, 6) is 0.886. The van der Waals surface area contributed by atoms with Gasteiger partial charge in [0, 0.05) is 0 Å². The molecule has 1 fully saturated rings. The number of rotatable bonds is 5. The third kappa shape index (κ3) is 6.60. The molecule has 1 aromatic carbocycles. The third-order valence-corrected chi connectivity index (χ3v) is 3.33. The normalized spacial score (nSPS) is 15.6. The van der Waals surface area contributed by atoms with Gasteiger partial charge in [0.2, 0.25) is 0 Å². The summed E-state index contributed by atoms with van der Waals surface area (Å²) in [6.07, 6.45) is 3.81. The van der Waals surface area contributed by atoms with E-state index in [4.69, 9.17) is 0 Å². The summed E-state index contributed by atoms with van der Waals surface area (Å²) < 4.78 is 0. The third-order valence-electron chi connectivity index (χ3n) is 3.33. The van der Waals surface area contributed by atoms with Gasteiger partial charge in [0.15, 0.2) is 0 Å². The lowest BCUT2D eigenvalue weighted by molar-refractivity contribution is 0.358. The molecule has 0 amide bonds. The molecule has 1 aliphatic rings. The molecule has 1 aromatic rings. The predicted molar refractivity (Wildman–Crippen MR) is 83.1 cm³/mol. The lowest BCUT2D eigenvalue weighted by atomic mass is 9.98. The Labute approximate surface area is 123 Å². The monoisotopic (exact) mass is 290 g/mol. The zero-order valence-electron chi connectivity index (χ0n) is 10.7. The Balaban J connectivity index is 0.00000144. The molecule has 0 atom stereocenters. The average molecular weight is 291 g/mol. The second-order valence-corrected chi connectivity index (χ2v) is 4.63. The van der Waals surface area contributed by atoms with Crippen molar-refractivity contribution in [2.45, 2.75) is 19.3 Å². The van der Waals surface area contributed by atoms with Crippen LogP contribution in [0.5, 0.6) is 0 Å². The van der Waals surface area contributed by atoms with Gasteiger partial charge in [-0.15, -0.1) is 24.8 Å². The van der Waals surface area contributed by atoms with Gasteiger partial charge in [-0.2, -0.15) is 0 Å². The summed E-state index contributed by atoms with van der Waals surface area (Å²) in [5, 5.41) is 6.98. The SMILES string of the molecule is Cl.Cl.c1ccc(CCNCC2CCNCC2)cc1. The fourth-order valence-corrected chi connectivity index (χ4v) is 2.27. The Morgan fingerprint density at radius 3 is 2.39 bits per heavy atom. The van der Waals surface area contributed by atoms with Crippen molar-refractivity contribution >= 4 is 24.8 Å². The molecule has 1 saturated heterocycles. The summed E-state index contributed by atoms with van der Waals surface area (Å²) in [5.41, 5.74) is 1.43. The van der Waals surface area contributed by atoms with Crippen LogP contribution in [-0.4, -0.2) is 26.2 Å². The molecule has 0 radical (unpaired) electrons. The first-order valence-electron chi connectivity index (χ1n) is 6.40. The number of nitrogens with one attached hydrogen (secondary N) is 2. The average Bonchev–Trinajstić information content (AvgIpc) is 2.37. The first kappa shape index (κ1) is 17.7. The summed E-state index contributed by atoms with van der Waals surface area (Å²) in [6, 6.07) is 10.7. The van der Waals surface area contributed by atoms with Gasteiger partial charge in [-0.05, 0) is 56.9 Å². The second kappa shape index (κ2) is 10.6. The predicted octanol–water partition coefficient (Wildman–Crippen LogP) is 2.66. The second-order valence-electron chi connectivity index (χ2n) is 4.63. The molecule has 18 heavy (non-hydrogen) atoms. The molecule has 0 spiro atoms. The van der Waals surface area contributed by atoms with E-state index < -0.39 is 0 Å². The van der Waals surface area contributed by atoms with Crippen molar-refractivity contribution in [1.82, 2.24) is 10.6 Å². The molecule has 104 valence electrons. The van der Waals surface area contributed by atoms with Crippen molar-refractivity contribution in [3.05, 3.63) is 35.9 Å². The van der Waals surface area contributed by atoms with Gasteiger partial charge in [-0.25, -0.2) is 0 Å². The zero-order valence-corrected chi connectivity index (χ0v) is 12.4. The quantitative estimate of drug-likeness (QED) is 0.815. The molecule has 0 saturated carbocycles. The Morgan fingerprint density at radius 1 is 1.06 bits per heavy atom. The largest absolute Gasteiger partial charge is 0.317 e. The molecule has 0 aliphatic carbocycles. The maximum Gasteiger partial charge on any atom is -0.000824 e. The van der Waals surface area contributed by atoms with E-state index in [1.54, 1.807) is 0 Å². The van der Waals surface area contributed by atoms with Gasteiger partial charge in [0.25, 0.3) is 0 Å². The van der Waals surface area contributed by atoms with Gasteiger partial charge in [-0.1, -0.05) is 30.3 Å². The van der Waals surface area contributed by atoms with Crippen LogP contribution in [0.15, 0.2) is 30.3 Å². The van der Waals surface area contributed by atoms with Crippen molar-refractivity contribution < 1.29 is 0 Å². The van der Waals surface area contributed by atoms with Crippen LogP contribution < -0.4 is 10.6 Å². The van der Waals surface area contributed by atoms with E-state index >= 15 is 0 Å². The molecule has 2 rings (SSSR count). The number of benzene rings is 1. The molecule has 0 aromatic heterocycles. The van der Waals surface area contributed by atoms with Crippen molar-refractivity contribution in [3.8, 4) is 0 Å². The first-order valence-corrected chi connectivity index (χ1v) is 6.40. The molecular weight excluding hydrogens is 267 g/mol. The van der Waals surface area contributed by atoms with Crippen LogP contribution in [0.25, 0.3) is 0 Å². The van der Waals surface area contributed by atoms with Crippen LogP contribution in [0.4, 0.5) is 0 Å². The number of hydrogen-bond acceptors (Lipinski definition) is 2. The highest BCUT2D eigenvalue weighted by Gasteiger charge is 2.11. The minimum absolute atomic E-state index is 0. The molecule has 4 heteroatoms. The summed E-state index contributed by atoms with van der Waals surface area (Å²) in [6.45, 7) is 4.69. The number of piperidine rings is 1. The topological polar surface area (TPSA) is 24.1 Å². The van der Waals surface area contributed by atoms with Gasteiger partial charge in [-0.3, -0.25) is 0 Å². The first-order chi connectivity index (χ1) is 7.95. The van der Waals surface area contributed by atoms with Crippen molar-refractivity contribution in [3.63, 3.8) is 0 Å². The molecule has 1 aliphatic heterocycles. The van der Waals surface area contributed by atoms with Crippen LogP contribution in [0.3, 0.4) is 0 Å². The minimum Gasteiger partial charge on any atom is -0.317 e. The minimum atomic E-state index is 0. The fraction of sp³-hybridized carbons (Fsp3) is 0.571. The van der Waals surface area contributed by atoms with Gasteiger partial charge in [0.05, 0.1) is 0 Å². The molecule has 2 N–H and O–H groups in total. The van der Waals surface area contributed by atoms with Gasteiger partial charge >= 0.3 is 0 Å². The van der Waals surface area contributed by atoms with E-state index in [0.717, 1.165) is 18.9 Å². The molecule has 0 bridgehead atoms. The standard InChI is InChI=1S/C14H22N2.2ClH/c1-2-4-13(5-3-1)6-11-16-12-14-7-9-15-10-8-14;;/h1-5,14-16H,6-12H2;2*1H. The molecular formula is C14H24Cl2N2. The summed E-state index contributed by atoms with van der Waals surface area (Å²) in [7, 11) is 0. The highest BCUT2D eigenvalue weighted by atomic mass is 35.5. The fourth-order valence-electron chi connectivity index (χ4n) is 2.27. The van der Waals surface area contributed by atoms with E-state index in [9.17, 15) is 0 Å². The van der Waals surface area contributed by atoms with E-state index in [1.807, 2.05) is 0 Å². The van der Waals surface area contributed by atoms with Crippen LogP contribution in [0.2, 0.25) is 0 Å². The number of hydrogen-bond donors (Lipinski definition) is 2.